The molecule has 2 amide bonds. The highest BCUT2D eigenvalue weighted by Crippen LogP contribution is 2.17. The molecule has 0 bridgehead atoms. The number of aromatic nitrogens is 1. The van der Waals surface area contributed by atoms with Gasteiger partial charge in [0, 0.05) is 29.9 Å². The van der Waals surface area contributed by atoms with E-state index in [2.05, 4.69) is 27.5 Å². The number of nitrogens with zero attached hydrogens (tertiary/aromatic N) is 1. The molecule has 0 atom stereocenters. The maximum Gasteiger partial charge on any atom is 0.255 e. The van der Waals surface area contributed by atoms with Gasteiger partial charge in [-0.1, -0.05) is 18.1 Å². The van der Waals surface area contributed by atoms with Crippen molar-refractivity contribution >= 4 is 23.2 Å². The molecule has 1 heterocycles. The summed E-state index contributed by atoms with van der Waals surface area (Å²) in [4.78, 5) is 27.5. The van der Waals surface area contributed by atoms with Crippen LogP contribution in [0.4, 0.5) is 15.8 Å². The van der Waals surface area contributed by atoms with Crippen LogP contribution in [0.3, 0.4) is 0 Å². The lowest BCUT2D eigenvalue weighted by molar-refractivity contribution is -0.114. The van der Waals surface area contributed by atoms with Gasteiger partial charge in [0.1, 0.15) is 11.5 Å². The molecule has 2 N–H and O–H groups in total. The van der Waals surface area contributed by atoms with Crippen LogP contribution >= 0.6 is 0 Å². The Hall–Kier alpha value is -3.98. The minimum absolute atomic E-state index is 0.0239. The first-order valence-corrected chi connectivity index (χ1v) is 8.43. The molecule has 0 radical (unpaired) electrons. The number of hydrogen-bond donors (Lipinski definition) is 2. The minimum Gasteiger partial charge on any atom is -0.324 e. The fourth-order valence-electron chi connectivity index (χ4n) is 2.40. The van der Waals surface area contributed by atoms with E-state index in [9.17, 15) is 14.0 Å². The Kier molecular flexibility index (Phi) is 5.78. The zero-order chi connectivity index (χ0) is 19.9. The molecule has 6 heteroatoms. The molecule has 5 nitrogen and oxygen atoms in total. The quantitative estimate of drug-likeness (QED) is 0.686. The van der Waals surface area contributed by atoms with Gasteiger partial charge in [0.2, 0.25) is 5.91 Å². The number of anilines is 2. The Balaban J connectivity index is 1.73. The molecule has 0 aliphatic carbocycles. The fourth-order valence-corrected chi connectivity index (χ4v) is 2.40. The summed E-state index contributed by atoms with van der Waals surface area (Å²) in [7, 11) is 0. The number of pyridine rings is 1. The number of halogens is 1. The van der Waals surface area contributed by atoms with Gasteiger partial charge in [0.05, 0.1) is 5.69 Å². The van der Waals surface area contributed by atoms with Gasteiger partial charge in [0.25, 0.3) is 5.91 Å². The Labute approximate surface area is 161 Å². The van der Waals surface area contributed by atoms with Crippen molar-refractivity contribution in [3.63, 3.8) is 0 Å². The van der Waals surface area contributed by atoms with Crippen molar-refractivity contribution in [1.29, 1.82) is 0 Å². The first-order valence-electron chi connectivity index (χ1n) is 8.43. The lowest BCUT2D eigenvalue weighted by Gasteiger charge is -2.08. The van der Waals surface area contributed by atoms with Crippen molar-refractivity contribution in [2.45, 2.75) is 6.92 Å². The molecule has 3 aromatic rings. The van der Waals surface area contributed by atoms with Crippen LogP contribution in [-0.2, 0) is 4.79 Å². The van der Waals surface area contributed by atoms with E-state index in [1.54, 1.807) is 30.5 Å². The average molecular weight is 373 g/mol. The van der Waals surface area contributed by atoms with Gasteiger partial charge < -0.3 is 10.6 Å². The van der Waals surface area contributed by atoms with E-state index in [1.807, 2.05) is 18.2 Å². The molecule has 2 aromatic carbocycles. The predicted molar refractivity (Wildman–Crippen MR) is 105 cm³/mol. The second-order valence-electron chi connectivity index (χ2n) is 5.88. The number of carbonyl (C=O) groups is 2. The molecule has 1 aromatic heterocycles. The van der Waals surface area contributed by atoms with Crippen LogP contribution in [0.5, 0.6) is 0 Å². The van der Waals surface area contributed by atoms with Gasteiger partial charge >= 0.3 is 0 Å². The SMILES string of the molecule is CC(=O)Nc1ccc(C(=O)Nc2cccc(C#Cc3ccccn3)c2)cc1F. The summed E-state index contributed by atoms with van der Waals surface area (Å²) in [5.74, 6) is 4.39. The summed E-state index contributed by atoms with van der Waals surface area (Å²) in [5, 5.41) is 5.07. The molecule has 0 saturated heterocycles. The second-order valence-corrected chi connectivity index (χ2v) is 5.88. The number of rotatable bonds is 3. The van der Waals surface area contributed by atoms with Gasteiger partial charge in [-0.3, -0.25) is 9.59 Å². The van der Waals surface area contributed by atoms with E-state index in [-0.39, 0.29) is 17.2 Å². The number of carbonyl (C=O) groups excluding carboxylic acids is 2. The Morgan fingerprint density at radius 2 is 1.82 bits per heavy atom. The van der Waals surface area contributed by atoms with Gasteiger partial charge in [0.15, 0.2) is 0 Å². The van der Waals surface area contributed by atoms with E-state index in [4.69, 9.17) is 0 Å². The van der Waals surface area contributed by atoms with E-state index in [1.165, 1.54) is 19.1 Å². The third-order valence-electron chi connectivity index (χ3n) is 3.66. The molecule has 138 valence electrons. The molecule has 0 spiro atoms. The van der Waals surface area contributed by atoms with Gasteiger partial charge in [-0.05, 0) is 54.5 Å². The van der Waals surface area contributed by atoms with Crippen molar-refractivity contribution in [2.75, 3.05) is 10.6 Å². The normalized spacial score (nSPS) is 9.79. The summed E-state index contributed by atoms with van der Waals surface area (Å²) in [6.45, 7) is 1.28. The number of amides is 2. The first-order chi connectivity index (χ1) is 13.5. The molecule has 0 aliphatic heterocycles. The first kappa shape index (κ1) is 18.8. The maximum absolute atomic E-state index is 14.0. The minimum atomic E-state index is -0.683. The monoisotopic (exact) mass is 373 g/mol. The number of benzene rings is 2. The lowest BCUT2D eigenvalue weighted by atomic mass is 10.1. The molecular weight excluding hydrogens is 357 g/mol. The topological polar surface area (TPSA) is 71.1 Å². The molecule has 0 unspecified atom stereocenters. The van der Waals surface area contributed by atoms with Crippen molar-refractivity contribution in [3.05, 3.63) is 89.5 Å². The Morgan fingerprint density at radius 3 is 2.54 bits per heavy atom. The maximum atomic E-state index is 14.0. The standard InChI is InChI=1S/C22H16FN3O2/c1-15(27)25-21-11-9-17(14-20(21)23)22(28)26-19-7-4-5-16(13-19)8-10-18-6-2-3-12-24-18/h2-7,9,11-14H,1H3,(H,25,27)(H,26,28). The van der Waals surface area contributed by atoms with E-state index in [0.717, 1.165) is 6.07 Å². The molecule has 28 heavy (non-hydrogen) atoms. The van der Waals surface area contributed by atoms with E-state index in [0.29, 0.717) is 16.9 Å². The second kappa shape index (κ2) is 8.60. The van der Waals surface area contributed by atoms with Crippen LogP contribution in [0.15, 0.2) is 66.9 Å². The van der Waals surface area contributed by atoms with Gasteiger partial charge in [-0.2, -0.15) is 0 Å². The third-order valence-corrected chi connectivity index (χ3v) is 3.66. The summed E-state index contributed by atoms with van der Waals surface area (Å²) < 4.78 is 14.0. The van der Waals surface area contributed by atoms with Crippen molar-refractivity contribution < 1.29 is 14.0 Å². The Morgan fingerprint density at radius 1 is 0.964 bits per heavy atom. The molecule has 3 rings (SSSR count). The summed E-state index contributed by atoms with van der Waals surface area (Å²) >= 11 is 0. The van der Waals surface area contributed by atoms with Crippen LogP contribution in [0.25, 0.3) is 0 Å². The highest BCUT2D eigenvalue weighted by molar-refractivity contribution is 6.04. The number of hydrogen-bond acceptors (Lipinski definition) is 3. The van der Waals surface area contributed by atoms with Gasteiger partial charge in [-0.25, -0.2) is 9.37 Å². The lowest BCUT2D eigenvalue weighted by Crippen LogP contribution is -2.13. The van der Waals surface area contributed by atoms with Crippen molar-refractivity contribution in [3.8, 4) is 11.8 Å². The molecule has 0 saturated carbocycles. The highest BCUT2D eigenvalue weighted by Gasteiger charge is 2.11. The summed E-state index contributed by atoms with van der Waals surface area (Å²) in [6, 6.07) is 16.3. The zero-order valence-corrected chi connectivity index (χ0v) is 15.0. The predicted octanol–water partition coefficient (Wildman–Crippen LogP) is 3.83. The smallest absolute Gasteiger partial charge is 0.255 e. The number of nitrogens with one attached hydrogen (secondary N) is 2. The van der Waals surface area contributed by atoms with Crippen molar-refractivity contribution in [1.82, 2.24) is 4.98 Å². The van der Waals surface area contributed by atoms with Crippen LogP contribution in [0.1, 0.15) is 28.5 Å². The highest BCUT2D eigenvalue weighted by atomic mass is 19.1. The molecule has 0 aliphatic rings. The fraction of sp³-hybridized carbons (Fsp3) is 0.0455. The van der Waals surface area contributed by atoms with Gasteiger partial charge in [-0.15, -0.1) is 0 Å². The van der Waals surface area contributed by atoms with E-state index >= 15 is 0 Å². The largest absolute Gasteiger partial charge is 0.324 e. The summed E-state index contributed by atoms with van der Waals surface area (Å²) in [5.41, 5.74) is 2.04. The van der Waals surface area contributed by atoms with Crippen LogP contribution in [-0.4, -0.2) is 16.8 Å². The van der Waals surface area contributed by atoms with Crippen molar-refractivity contribution in [2.24, 2.45) is 0 Å². The molecular formula is C22H16FN3O2. The van der Waals surface area contributed by atoms with Crippen LogP contribution in [0, 0.1) is 17.7 Å². The molecule has 0 fully saturated rings. The third kappa shape index (κ3) is 5.02. The average Bonchev–Trinajstić information content (AvgIpc) is 2.69. The Bertz CT molecular complexity index is 1090. The van der Waals surface area contributed by atoms with Crippen LogP contribution in [0.2, 0.25) is 0 Å². The summed E-state index contributed by atoms with van der Waals surface area (Å²) in [6.07, 6.45) is 1.66. The van der Waals surface area contributed by atoms with Crippen LogP contribution < -0.4 is 10.6 Å². The zero-order valence-electron chi connectivity index (χ0n) is 15.0. The van der Waals surface area contributed by atoms with E-state index < -0.39 is 11.7 Å².